The number of nitrogens with one attached hydrogen (secondary N) is 1. The number of amides is 2. The van der Waals surface area contributed by atoms with Crippen molar-refractivity contribution in [1.29, 1.82) is 0 Å². The number of carbonyl (C=O) groups is 2. The van der Waals surface area contributed by atoms with Gasteiger partial charge in [0.15, 0.2) is 0 Å². The SMILES string of the molecule is COc1ccc(NC(=O)C2CC2C(=O)N2CCCC2)cc1. The molecule has 0 radical (unpaired) electrons. The van der Waals surface area contributed by atoms with E-state index < -0.39 is 0 Å². The van der Waals surface area contributed by atoms with Gasteiger partial charge in [-0.2, -0.15) is 0 Å². The Labute approximate surface area is 124 Å². The van der Waals surface area contributed by atoms with E-state index in [1.807, 2.05) is 4.90 Å². The number of likely N-dealkylation sites (tertiary alicyclic amines) is 1. The van der Waals surface area contributed by atoms with Crippen molar-refractivity contribution in [1.82, 2.24) is 4.90 Å². The van der Waals surface area contributed by atoms with Crippen molar-refractivity contribution in [2.75, 3.05) is 25.5 Å². The van der Waals surface area contributed by atoms with Crippen LogP contribution in [-0.4, -0.2) is 36.9 Å². The molecule has 3 rings (SSSR count). The molecule has 0 aromatic heterocycles. The normalized spacial score (nSPS) is 23.8. The molecule has 2 unspecified atom stereocenters. The van der Waals surface area contributed by atoms with Gasteiger partial charge in [-0.3, -0.25) is 9.59 Å². The smallest absolute Gasteiger partial charge is 0.228 e. The summed E-state index contributed by atoms with van der Waals surface area (Å²) in [5, 5.41) is 2.87. The first-order valence-electron chi connectivity index (χ1n) is 7.43. The lowest BCUT2D eigenvalue weighted by molar-refractivity contribution is -0.133. The van der Waals surface area contributed by atoms with Crippen molar-refractivity contribution in [2.24, 2.45) is 11.8 Å². The van der Waals surface area contributed by atoms with Gasteiger partial charge in [0.25, 0.3) is 0 Å². The lowest BCUT2D eigenvalue weighted by Gasteiger charge is -2.14. The van der Waals surface area contributed by atoms with Crippen molar-refractivity contribution < 1.29 is 14.3 Å². The Morgan fingerprint density at radius 1 is 1.14 bits per heavy atom. The first kappa shape index (κ1) is 13.9. The van der Waals surface area contributed by atoms with Gasteiger partial charge in [-0.05, 0) is 43.5 Å². The van der Waals surface area contributed by atoms with Gasteiger partial charge in [0, 0.05) is 18.8 Å². The fraction of sp³-hybridized carbons (Fsp3) is 0.500. The minimum Gasteiger partial charge on any atom is -0.497 e. The highest BCUT2D eigenvalue weighted by atomic mass is 16.5. The minimum atomic E-state index is -0.166. The summed E-state index contributed by atoms with van der Waals surface area (Å²) in [7, 11) is 1.60. The molecule has 1 saturated heterocycles. The number of carbonyl (C=O) groups excluding carboxylic acids is 2. The number of hydrogen-bond donors (Lipinski definition) is 1. The second-order valence-corrected chi connectivity index (χ2v) is 5.70. The van der Waals surface area contributed by atoms with Crippen molar-refractivity contribution in [2.45, 2.75) is 19.3 Å². The Kier molecular flexibility index (Phi) is 3.82. The van der Waals surface area contributed by atoms with E-state index in [4.69, 9.17) is 4.74 Å². The summed E-state index contributed by atoms with van der Waals surface area (Å²) in [6, 6.07) is 7.21. The largest absolute Gasteiger partial charge is 0.497 e. The zero-order valence-corrected chi connectivity index (χ0v) is 12.2. The molecule has 0 spiro atoms. The molecule has 0 bridgehead atoms. The van der Waals surface area contributed by atoms with E-state index >= 15 is 0 Å². The quantitative estimate of drug-likeness (QED) is 0.920. The van der Waals surface area contributed by atoms with E-state index in [2.05, 4.69) is 5.32 Å². The van der Waals surface area contributed by atoms with E-state index in [1.54, 1.807) is 31.4 Å². The van der Waals surface area contributed by atoms with Gasteiger partial charge in [-0.25, -0.2) is 0 Å². The minimum absolute atomic E-state index is 0.0577. The molecule has 1 heterocycles. The fourth-order valence-corrected chi connectivity index (χ4v) is 2.84. The van der Waals surface area contributed by atoms with Crippen molar-refractivity contribution in [3.8, 4) is 5.75 Å². The van der Waals surface area contributed by atoms with Gasteiger partial charge in [0.05, 0.1) is 18.9 Å². The molecular formula is C16H20N2O3. The van der Waals surface area contributed by atoms with Crippen LogP contribution < -0.4 is 10.1 Å². The average Bonchev–Trinajstić information content (AvgIpc) is 3.13. The predicted octanol–water partition coefficient (Wildman–Crippen LogP) is 1.89. The number of hydrogen-bond acceptors (Lipinski definition) is 3. The van der Waals surface area contributed by atoms with Crippen LogP contribution in [0.15, 0.2) is 24.3 Å². The third-order valence-corrected chi connectivity index (χ3v) is 4.22. The molecule has 21 heavy (non-hydrogen) atoms. The number of nitrogens with zero attached hydrogens (tertiary/aromatic N) is 1. The third-order valence-electron chi connectivity index (χ3n) is 4.22. The molecule has 2 aliphatic rings. The number of methoxy groups -OCH3 is 1. The summed E-state index contributed by atoms with van der Waals surface area (Å²) in [6.45, 7) is 1.70. The summed E-state index contributed by atoms with van der Waals surface area (Å²) >= 11 is 0. The zero-order valence-electron chi connectivity index (χ0n) is 12.2. The Bertz CT molecular complexity index is 535. The van der Waals surface area contributed by atoms with Crippen LogP contribution in [0.25, 0.3) is 0 Å². The summed E-state index contributed by atoms with van der Waals surface area (Å²) in [5.41, 5.74) is 0.736. The lowest BCUT2D eigenvalue weighted by Crippen LogP contribution is -2.30. The average molecular weight is 288 g/mol. The second kappa shape index (κ2) is 5.76. The highest BCUT2D eigenvalue weighted by Crippen LogP contribution is 2.41. The molecule has 5 nitrogen and oxygen atoms in total. The first-order valence-corrected chi connectivity index (χ1v) is 7.43. The van der Waals surface area contributed by atoms with Crippen LogP contribution in [0.4, 0.5) is 5.69 Å². The van der Waals surface area contributed by atoms with Gasteiger partial charge in [0.2, 0.25) is 11.8 Å². The van der Waals surface area contributed by atoms with Crippen LogP contribution in [0.5, 0.6) is 5.75 Å². The summed E-state index contributed by atoms with van der Waals surface area (Å²) in [5.74, 6) is 0.572. The van der Waals surface area contributed by atoms with Crippen LogP contribution in [-0.2, 0) is 9.59 Å². The molecule has 5 heteroatoms. The first-order chi connectivity index (χ1) is 10.2. The van der Waals surface area contributed by atoms with Gasteiger partial charge < -0.3 is 15.0 Å². The summed E-state index contributed by atoms with van der Waals surface area (Å²) in [6.07, 6.45) is 2.85. The second-order valence-electron chi connectivity index (χ2n) is 5.70. The number of benzene rings is 1. The van der Waals surface area contributed by atoms with Gasteiger partial charge >= 0.3 is 0 Å². The molecular weight excluding hydrogens is 268 g/mol. The molecule has 1 aliphatic carbocycles. The molecule has 2 atom stereocenters. The van der Waals surface area contributed by atoms with E-state index in [9.17, 15) is 9.59 Å². The fourth-order valence-electron chi connectivity index (χ4n) is 2.84. The molecule has 1 saturated carbocycles. The monoisotopic (exact) mass is 288 g/mol. The molecule has 1 N–H and O–H groups in total. The van der Waals surface area contributed by atoms with E-state index in [0.29, 0.717) is 6.42 Å². The third kappa shape index (κ3) is 3.01. The number of anilines is 1. The van der Waals surface area contributed by atoms with Crippen molar-refractivity contribution in [3.63, 3.8) is 0 Å². The Hall–Kier alpha value is -2.04. The van der Waals surface area contributed by atoms with Crippen molar-refractivity contribution in [3.05, 3.63) is 24.3 Å². The molecule has 1 aromatic rings. The molecule has 2 fully saturated rings. The van der Waals surface area contributed by atoms with Crippen LogP contribution in [0.2, 0.25) is 0 Å². The number of rotatable bonds is 4. The molecule has 112 valence electrons. The molecule has 2 amide bonds. The topological polar surface area (TPSA) is 58.6 Å². The highest BCUT2D eigenvalue weighted by Gasteiger charge is 2.49. The van der Waals surface area contributed by atoms with Gasteiger partial charge in [0.1, 0.15) is 5.75 Å². The van der Waals surface area contributed by atoms with Gasteiger partial charge in [-0.1, -0.05) is 0 Å². The summed E-state index contributed by atoms with van der Waals surface area (Å²) in [4.78, 5) is 26.2. The van der Waals surface area contributed by atoms with E-state index in [0.717, 1.165) is 37.4 Å². The zero-order chi connectivity index (χ0) is 14.8. The van der Waals surface area contributed by atoms with Gasteiger partial charge in [-0.15, -0.1) is 0 Å². The Morgan fingerprint density at radius 2 is 1.81 bits per heavy atom. The number of ether oxygens (including phenoxy) is 1. The van der Waals surface area contributed by atoms with E-state index in [-0.39, 0.29) is 23.7 Å². The van der Waals surface area contributed by atoms with Crippen LogP contribution in [0, 0.1) is 11.8 Å². The van der Waals surface area contributed by atoms with Crippen molar-refractivity contribution >= 4 is 17.5 Å². The lowest BCUT2D eigenvalue weighted by atomic mass is 10.2. The summed E-state index contributed by atoms with van der Waals surface area (Å²) < 4.78 is 5.08. The van der Waals surface area contributed by atoms with Crippen LogP contribution in [0.3, 0.4) is 0 Å². The Balaban J connectivity index is 1.53. The predicted molar refractivity (Wildman–Crippen MR) is 79.0 cm³/mol. The van der Waals surface area contributed by atoms with Crippen LogP contribution >= 0.6 is 0 Å². The highest BCUT2D eigenvalue weighted by molar-refractivity contribution is 5.99. The van der Waals surface area contributed by atoms with Crippen LogP contribution in [0.1, 0.15) is 19.3 Å². The molecule has 1 aliphatic heterocycles. The maximum absolute atomic E-state index is 12.2. The Morgan fingerprint density at radius 3 is 2.43 bits per heavy atom. The maximum Gasteiger partial charge on any atom is 0.228 e. The maximum atomic E-state index is 12.2. The van der Waals surface area contributed by atoms with E-state index in [1.165, 1.54) is 0 Å². The standard InChI is InChI=1S/C16H20N2O3/c1-21-12-6-4-11(5-7-12)17-15(19)13-10-14(13)16(20)18-8-2-3-9-18/h4-7,13-14H,2-3,8-10H2,1H3,(H,17,19). The molecule has 1 aromatic carbocycles.